The lowest BCUT2D eigenvalue weighted by Gasteiger charge is -2.23. The fourth-order valence-corrected chi connectivity index (χ4v) is 4.87. The highest BCUT2D eigenvalue weighted by Crippen LogP contribution is 2.35. The summed E-state index contributed by atoms with van der Waals surface area (Å²) in [6, 6.07) is 18.6. The Morgan fingerprint density at radius 1 is 1.00 bits per heavy atom. The lowest BCUT2D eigenvalue weighted by Crippen LogP contribution is -2.31. The number of anilines is 1. The van der Waals surface area contributed by atoms with E-state index in [0.717, 1.165) is 32.7 Å². The zero-order chi connectivity index (χ0) is 19.8. The van der Waals surface area contributed by atoms with E-state index in [1.807, 2.05) is 0 Å². The Labute approximate surface area is 169 Å². The molecule has 3 aromatic rings. The number of hydrogen-bond acceptors (Lipinski definition) is 5. The van der Waals surface area contributed by atoms with Gasteiger partial charge in [-0.2, -0.15) is 0 Å². The Hall–Kier alpha value is -2.96. The summed E-state index contributed by atoms with van der Waals surface area (Å²) in [6.07, 6.45) is 1.70. The summed E-state index contributed by atoms with van der Waals surface area (Å²) in [4.78, 5) is 21.1. The van der Waals surface area contributed by atoms with Crippen LogP contribution in [0.15, 0.2) is 60.8 Å². The fourth-order valence-electron chi connectivity index (χ4n) is 4.87. The Morgan fingerprint density at radius 3 is 2.52 bits per heavy atom. The van der Waals surface area contributed by atoms with E-state index in [0.29, 0.717) is 23.2 Å². The van der Waals surface area contributed by atoms with Crippen molar-refractivity contribution in [2.75, 3.05) is 31.1 Å². The van der Waals surface area contributed by atoms with E-state index in [1.54, 1.807) is 23.8 Å². The minimum absolute atomic E-state index is 0.419. The van der Waals surface area contributed by atoms with E-state index in [9.17, 15) is 4.79 Å². The van der Waals surface area contributed by atoms with E-state index >= 15 is 0 Å². The lowest BCUT2D eigenvalue weighted by molar-refractivity contribution is 0.0706. The SMILES string of the molecule is O=C(NO)c1cccnc1N1CC2CN(Cc3ccc4ccccc4c3)CC2C1. The highest BCUT2D eigenvalue weighted by molar-refractivity contribution is 5.98. The molecule has 2 fully saturated rings. The van der Waals surface area contributed by atoms with Gasteiger partial charge in [0.05, 0.1) is 5.56 Å². The minimum Gasteiger partial charge on any atom is -0.355 e. The molecular weight excluding hydrogens is 364 g/mol. The van der Waals surface area contributed by atoms with Gasteiger partial charge in [0, 0.05) is 38.9 Å². The second-order valence-corrected chi connectivity index (χ2v) is 8.12. The Bertz CT molecular complexity index is 1040. The summed E-state index contributed by atoms with van der Waals surface area (Å²) in [5.74, 6) is 1.29. The highest BCUT2D eigenvalue weighted by Gasteiger charge is 2.41. The first kappa shape index (κ1) is 18.1. The van der Waals surface area contributed by atoms with Gasteiger partial charge in [-0.3, -0.25) is 14.9 Å². The van der Waals surface area contributed by atoms with Gasteiger partial charge < -0.3 is 4.90 Å². The Kier molecular flexibility index (Phi) is 4.66. The number of hydrogen-bond donors (Lipinski definition) is 2. The molecule has 29 heavy (non-hydrogen) atoms. The summed E-state index contributed by atoms with van der Waals surface area (Å²) < 4.78 is 0. The highest BCUT2D eigenvalue weighted by atomic mass is 16.5. The molecule has 1 amide bonds. The molecule has 1 aromatic heterocycles. The van der Waals surface area contributed by atoms with Crippen LogP contribution in [0.4, 0.5) is 5.82 Å². The molecule has 5 rings (SSSR count). The number of amides is 1. The molecule has 6 heteroatoms. The molecule has 0 saturated carbocycles. The summed E-state index contributed by atoms with van der Waals surface area (Å²) >= 11 is 0. The van der Waals surface area contributed by atoms with Crippen LogP contribution in [-0.4, -0.2) is 47.2 Å². The van der Waals surface area contributed by atoms with Crippen molar-refractivity contribution < 1.29 is 10.0 Å². The molecule has 2 aromatic carbocycles. The van der Waals surface area contributed by atoms with Gasteiger partial charge in [0.15, 0.2) is 0 Å². The van der Waals surface area contributed by atoms with Crippen LogP contribution in [0.1, 0.15) is 15.9 Å². The van der Waals surface area contributed by atoms with Gasteiger partial charge in [0.1, 0.15) is 5.82 Å². The van der Waals surface area contributed by atoms with Gasteiger partial charge in [-0.1, -0.05) is 36.4 Å². The monoisotopic (exact) mass is 388 g/mol. The number of fused-ring (bicyclic) bond motifs is 2. The molecule has 148 valence electrons. The van der Waals surface area contributed by atoms with E-state index in [1.165, 1.54) is 16.3 Å². The van der Waals surface area contributed by atoms with Gasteiger partial charge in [0.25, 0.3) is 5.91 Å². The van der Waals surface area contributed by atoms with Crippen LogP contribution in [0.3, 0.4) is 0 Å². The third-order valence-electron chi connectivity index (χ3n) is 6.21. The van der Waals surface area contributed by atoms with E-state index in [4.69, 9.17) is 5.21 Å². The number of aromatic nitrogens is 1. The van der Waals surface area contributed by atoms with Crippen LogP contribution >= 0.6 is 0 Å². The van der Waals surface area contributed by atoms with Gasteiger partial charge in [-0.15, -0.1) is 0 Å². The van der Waals surface area contributed by atoms with Crippen molar-refractivity contribution >= 4 is 22.5 Å². The molecule has 2 aliphatic heterocycles. The van der Waals surface area contributed by atoms with Crippen molar-refractivity contribution in [2.24, 2.45) is 11.8 Å². The number of carbonyl (C=O) groups is 1. The molecular formula is C23H24N4O2. The molecule has 0 radical (unpaired) electrons. The molecule has 2 atom stereocenters. The van der Waals surface area contributed by atoms with Crippen molar-refractivity contribution in [3.8, 4) is 0 Å². The molecule has 2 N–H and O–H groups in total. The van der Waals surface area contributed by atoms with Crippen LogP contribution in [-0.2, 0) is 6.54 Å². The average Bonchev–Trinajstić information content (AvgIpc) is 3.31. The average molecular weight is 388 g/mol. The van der Waals surface area contributed by atoms with E-state index < -0.39 is 5.91 Å². The van der Waals surface area contributed by atoms with Crippen molar-refractivity contribution in [2.45, 2.75) is 6.54 Å². The largest absolute Gasteiger partial charge is 0.355 e. The molecule has 0 bridgehead atoms. The normalized spacial score (nSPS) is 21.5. The minimum atomic E-state index is -0.511. The van der Waals surface area contributed by atoms with E-state index in [-0.39, 0.29) is 0 Å². The molecule has 2 saturated heterocycles. The zero-order valence-electron chi connectivity index (χ0n) is 16.2. The quantitative estimate of drug-likeness (QED) is 0.531. The van der Waals surface area contributed by atoms with Gasteiger partial charge in [-0.05, 0) is 46.4 Å². The molecule has 0 spiro atoms. The van der Waals surface area contributed by atoms with Crippen molar-refractivity contribution in [1.29, 1.82) is 0 Å². The molecule has 2 aliphatic rings. The standard InChI is InChI=1S/C23H24N4O2/c28-23(25-29)21-6-3-9-24-22(21)27-14-19-12-26(13-20(19)15-27)11-16-7-8-17-4-1-2-5-18(17)10-16/h1-10,19-20,29H,11-15H2,(H,25,28). The van der Waals surface area contributed by atoms with Crippen LogP contribution in [0.2, 0.25) is 0 Å². The maximum atomic E-state index is 11.9. The van der Waals surface area contributed by atoms with Crippen molar-refractivity contribution in [3.05, 3.63) is 71.9 Å². The Morgan fingerprint density at radius 2 is 1.76 bits per heavy atom. The second-order valence-electron chi connectivity index (χ2n) is 8.12. The third kappa shape index (κ3) is 3.45. The van der Waals surface area contributed by atoms with Crippen LogP contribution in [0.25, 0.3) is 10.8 Å². The smallest absolute Gasteiger partial charge is 0.278 e. The second kappa shape index (κ2) is 7.46. The zero-order valence-corrected chi connectivity index (χ0v) is 16.2. The number of hydroxylamine groups is 1. The third-order valence-corrected chi connectivity index (χ3v) is 6.21. The summed E-state index contributed by atoms with van der Waals surface area (Å²) in [5, 5.41) is 11.6. The van der Waals surface area contributed by atoms with Gasteiger partial charge in [0.2, 0.25) is 0 Å². The first-order valence-corrected chi connectivity index (χ1v) is 10.1. The molecule has 3 heterocycles. The lowest BCUT2D eigenvalue weighted by atomic mass is 10.0. The number of likely N-dealkylation sites (tertiary alicyclic amines) is 1. The first-order chi connectivity index (χ1) is 14.2. The summed E-state index contributed by atoms with van der Waals surface area (Å²) in [5.41, 5.74) is 3.50. The number of benzene rings is 2. The van der Waals surface area contributed by atoms with Gasteiger partial charge >= 0.3 is 0 Å². The number of nitrogens with one attached hydrogen (secondary N) is 1. The number of carbonyl (C=O) groups excluding carboxylic acids is 1. The predicted octanol–water partition coefficient (Wildman–Crippen LogP) is 2.92. The first-order valence-electron chi connectivity index (χ1n) is 10.1. The fraction of sp³-hybridized carbons (Fsp3) is 0.304. The van der Waals surface area contributed by atoms with Gasteiger partial charge in [-0.25, -0.2) is 10.5 Å². The number of nitrogens with zero attached hydrogens (tertiary/aromatic N) is 3. The van der Waals surface area contributed by atoms with Crippen molar-refractivity contribution in [1.82, 2.24) is 15.4 Å². The van der Waals surface area contributed by atoms with E-state index in [2.05, 4.69) is 57.2 Å². The number of pyridine rings is 1. The summed E-state index contributed by atoms with van der Waals surface area (Å²) in [7, 11) is 0. The van der Waals surface area contributed by atoms with Crippen LogP contribution in [0.5, 0.6) is 0 Å². The maximum Gasteiger partial charge on any atom is 0.278 e. The number of rotatable bonds is 4. The van der Waals surface area contributed by atoms with Crippen LogP contribution < -0.4 is 10.4 Å². The Balaban J connectivity index is 1.26. The molecule has 0 aliphatic carbocycles. The molecule has 6 nitrogen and oxygen atoms in total. The maximum absolute atomic E-state index is 11.9. The molecule has 2 unspecified atom stereocenters. The van der Waals surface area contributed by atoms with Crippen LogP contribution in [0, 0.1) is 11.8 Å². The predicted molar refractivity (Wildman–Crippen MR) is 112 cm³/mol. The summed E-state index contributed by atoms with van der Waals surface area (Å²) in [6.45, 7) is 4.87. The topological polar surface area (TPSA) is 68.7 Å². The van der Waals surface area contributed by atoms with Crippen molar-refractivity contribution in [3.63, 3.8) is 0 Å².